The molecule has 2 aliphatic rings. The Kier molecular flexibility index (Phi) is 4.39. The summed E-state index contributed by atoms with van der Waals surface area (Å²) in [5.41, 5.74) is 2.01. The second-order valence-electron chi connectivity index (χ2n) is 6.57. The zero-order chi connectivity index (χ0) is 18.4. The molecule has 0 radical (unpaired) electrons. The number of hydrogen-bond acceptors (Lipinski definition) is 3. The molecule has 3 nitrogen and oxygen atoms in total. The maximum absolute atomic E-state index is 14.4. The first-order valence-corrected chi connectivity index (χ1v) is 9.16. The number of ether oxygens (including phenoxy) is 2. The standard InChI is InChI=1S/C20H18BrF2NO2/c1-25-17-7-10(6-15(21)20(17)26-2)18-13-5-3-4-12(13)14-8-11(22)9-16(23)19(14)24-18/h3-4,6-9,12-13,18,24H,5H2,1-2H3/t12-,13-,18+/m0/s1. The van der Waals surface area contributed by atoms with Gasteiger partial charge in [-0.05, 0) is 57.6 Å². The van der Waals surface area contributed by atoms with E-state index in [1.165, 1.54) is 6.07 Å². The predicted octanol–water partition coefficient (Wildman–Crippen LogP) is 5.57. The Labute approximate surface area is 159 Å². The molecule has 0 saturated carbocycles. The van der Waals surface area contributed by atoms with Gasteiger partial charge in [-0.1, -0.05) is 12.2 Å². The van der Waals surface area contributed by atoms with Gasteiger partial charge in [0.25, 0.3) is 0 Å². The molecule has 0 amide bonds. The number of anilines is 1. The number of allylic oxidation sites excluding steroid dienone is 2. The summed E-state index contributed by atoms with van der Waals surface area (Å²) in [5.74, 6) is 0.257. The molecule has 1 heterocycles. The Balaban J connectivity index is 1.82. The fourth-order valence-corrected chi connectivity index (χ4v) is 4.69. The molecule has 0 spiro atoms. The van der Waals surface area contributed by atoms with E-state index in [-0.39, 0.29) is 17.9 Å². The van der Waals surface area contributed by atoms with Gasteiger partial charge in [-0.3, -0.25) is 0 Å². The molecule has 0 saturated heterocycles. The molecule has 26 heavy (non-hydrogen) atoms. The van der Waals surface area contributed by atoms with Gasteiger partial charge in [0.1, 0.15) is 11.6 Å². The fraction of sp³-hybridized carbons (Fsp3) is 0.300. The molecule has 1 N–H and O–H groups in total. The maximum atomic E-state index is 14.4. The molecule has 136 valence electrons. The minimum atomic E-state index is -0.566. The third-order valence-electron chi connectivity index (χ3n) is 5.20. The van der Waals surface area contributed by atoms with Gasteiger partial charge >= 0.3 is 0 Å². The molecule has 2 aromatic carbocycles. The highest BCUT2D eigenvalue weighted by Gasteiger charge is 2.39. The topological polar surface area (TPSA) is 30.5 Å². The summed E-state index contributed by atoms with van der Waals surface area (Å²) in [6.45, 7) is 0. The molecule has 2 aromatic rings. The fourth-order valence-electron chi connectivity index (χ4n) is 4.07. The summed E-state index contributed by atoms with van der Waals surface area (Å²) in [7, 11) is 3.16. The number of methoxy groups -OCH3 is 2. The summed E-state index contributed by atoms with van der Waals surface area (Å²) in [6, 6.07) is 6.09. The van der Waals surface area contributed by atoms with Crippen LogP contribution in [0.15, 0.2) is 40.9 Å². The Bertz CT molecular complexity index is 900. The molecule has 6 heteroatoms. The number of benzene rings is 2. The van der Waals surface area contributed by atoms with E-state index in [1.807, 2.05) is 18.2 Å². The number of hydrogen-bond donors (Lipinski definition) is 1. The second-order valence-corrected chi connectivity index (χ2v) is 7.42. The van der Waals surface area contributed by atoms with Crippen LogP contribution in [-0.2, 0) is 0 Å². The largest absolute Gasteiger partial charge is 0.493 e. The van der Waals surface area contributed by atoms with E-state index in [9.17, 15) is 8.78 Å². The zero-order valence-corrected chi connectivity index (χ0v) is 15.9. The van der Waals surface area contributed by atoms with Crippen LogP contribution < -0.4 is 14.8 Å². The van der Waals surface area contributed by atoms with Gasteiger partial charge in [-0.25, -0.2) is 8.78 Å². The van der Waals surface area contributed by atoms with Crippen molar-refractivity contribution in [1.82, 2.24) is 0 Å². The first-order chi connectivity index (χ1) is 12.5. The molecular formula is C20H18BrF2NO2. The van der Waals surface area contributed by atoms with E-state index in [0.717, 1.165) is 22.5 Å². The lowest BCUT2D eigenvalue weighted by Gasteiger charge is -2.38. The van der Waals surface area contributed by atoms with E-state index in [0.29, 0.717) is 22.7 Å². The van der Waals surface area contributed by atoms with E-state index >= 15 is 0 Å². The first-order valence-electron chi connectivity index (χ1n) is 8.37. The summed E-state index contributed by atoms with van der Waals surface area (Å²) in [4.78, 5) is 0. The maximum Gasteiger partial charge on any atom is 0.174 e. The van der Waals surface area contributed by atoms with Gasteiger partial charge in [-0.2, -0.15) is 0 Å². The van der Waals surface area contributed by atoms with Crippen molar-refractivity contribution in [2.45, 2.75) is 18.4 Å². The van der Waals surface area contributed by atoms with E-state index in [4.69, 9.17) is 9.47 Å². The van der Waals surface area contributed by atoms with Crippen LogP contribution >= 0.6 is 15.9 Å². The van der Waals surface area contributed by atoms with Crippen molar-refractivity contribution < 1.29 is 18.3 Å². The number of fused-ring (bicyclic) bond motifs is 3. The van der Waals surface area contributed by atoms with Gasteiger partial charge in [0.2, 0.25) is 0 Å². The average Bonchev–Trinajstić information content (AvgIpc) is 3.10. The van der Waals surface area contributed by atoms with Crippen LogP contribution in [0.4, 0.5) is 14.5 Å². The van der Waals surface area contributed by atoms with Crippen molar-refractivity contribution in [3.05, 3.63) is 63.7 Å². The van der Waals surface area contributed by atoms with Crippen molar-refractivity contribution in [2.24, 2.45) is 5.92 Å². The quantitative estimate of drug-likeness (QED) is 0.656. The second kappa shape index (κ2) is 6.58. The van der Waals surface area contributed by atoms with Crippen LogP contribution in [-0.4, -0.2) is 14.2 Å². The van der Waals surface area contributed by atoms with Gasteiger partial charge < -0.3 is 14.8 Å². The lowest BCUT2D eigenvalue weighted by atomic mass is 9.77. The van der Waals surface area contributed by atoms with Gasteiger partial charge in [-0.15, -0.1) is 0 Å². The Morgan fingerprint density at radius 3 is 2.65 bits per heavy atom. The first kappa shape index (κ1) is 17.3. The summed E-state index contributed by atoms with van der Waals surface area (Å²) in [5, 5.41) is 3.30. The van der Waals surface area contributed by atoms with E-state index < -0.39 is 11.6 Å². The van der Waals surface area contributed by atoms with Crippen LogP contribution in [0.3, 0.4) is 0 Å². The van der Waals surface area contributed by atoms with Gasteiger partial charge in [0, 0.05) is 12.0 Å². The van der Waals surface area contributed by atoms with Gasteiger partial charge in [0.05, 0.1) is 30.4 Å². The normalized spacial score (nSPS) is 23.2. The zero-order valence-electron chi connectivity index (χ0n) is 14.4. The van der Waals surface area contributed by atoms with E-state index in [1.54, 1.807) is 14.2 Å². The smallest absolute Gasteiger partial charge is 0.174 e. The highest BCUT2D eigenvalue weighted by atomic mass is 79.9. The molecule has 0 unspecified atom stereocenters. The molecule has 3 atom stereocenters. The van der Waals surface area contributed by atoms with Crippen molar-refractivity contribution >= 4 is 21.6 Å². The molecular weight excluding hydrogens is 404 g/mol. The lowest BCUT2D eigenvalue weighted by molar-refractivity contribution is 0.350. The highest BCUT2D eigenvalue weighted by molar-refractivity contribution is 9.10. The van der Waals surface area contributed by atoms with Crippen LogP contribution in [0, 0.1) is 17.6 Å². The highest BCUT2D eigenvalue weighted by Crippen LogP contribution is 2.52. The van der Waals surface area contributed by atoms with Crippen molar-refractivity contribution in [3.8, 4) is 11.5 Å². The monoisotopic (exact) mass is 421 g/mol. The SMILES string of the molecule is COc1cc([C@H]2Nc3c(F)cc(F)cc3[C@H]3C=CC[C@@H]32)cc(Br)c1OC. The minimum absolute atomic E-state index is 0.0201. The van der Waals surface area contributed by atoms with Crippen LogP contribution in [0.5, 0.6) is 11.5 Å². The number of halogens is 3. The Hall–Kier alpha value is -2.08. The summed E-state index contributed by atoms with van der Waals surface area (Å²) < 4.78 is 39.8. The lowest BCUT2D eigenvalue weighted by Crippen LogP contribution is -2.30. The average molecular weight is 422 g/mol. The molecule has 1 aliphatic heterocycles. The summed E-state index contributed by atoms with van der Waals surface area (Å²) in [6.07, 6.45) is 4.97. The molecule has 0 aromatic heterocycles. The minimum Gasteiger partial charge on any atom is -0.493 e. The Morgan fingerprint density at radius 2 is 1.92 bits per heavy atom. The summed E-state index contributed by atoms with van der Waals surface area (Å²) >= 11 is 3.52. The van der Waals surface area contributed by atoms with Crippen LogP contribution in [0.25, 0.3) is 0 Å². The number of rotatable bonds is 3. The van der Waals surface area contributed by atoms with E-state index in [2.05, 4.69) is 27.3 Å². The van der Waals surface area contributed by atoms with Crippen LogP contribution in [0.1, 0.15) is 29.5 Å². The van der Waals surface area contributed by atoms with Gasteiger partial charge in [0.15, 0.2) is 11.5 Å². The van der Waals surface area contributed by atoms with Crippen LogP contribution in [0.2, 0.25) is 0 Å². The molecule has 0 bridgehead atoms. The predicted molar refractivity (Wildman–Crippen MR) is 100.0 cm³/mol. The van der Waals surface area contributed by atoms with Crippen molar-refractivity contribution in [1.29, 1.82) is 0 Å². The molecule has 4 rings (SSSR count). The number of nitrogens with one attached hydrogen (secondary N) is 1. The van der Waals surface area contributed by atoms with Crippen molar-refractivity contribution in [2.75, 3.05) is 19.5 Å². The molecule has 0 fully saturated rings. The third-order valence-corrected chi connectivity index (χ3v) is 5.79. The molecule has 1 aliphatic carbocycles. The van der Waals surface area contributed by atoms with Crippen molar-refractivity contribution in [3.63, 3.8) is 0 Å². The third kappa shape index (κ3) is 2.67. The Morgan fingerprint density at radius 1 is 1.12 bits per heavy atom.